The summed E-state index contributed by atoms with van der Waals surface area (Å²) in [6.07, 6.45) is 0. The molecular formula is C26H27N3O5S. The quantitative estimate of drug-likeness (QED) is 0.424. The van der Waals surface area contributed by atoms with Gasteiger partial charge in [0.25, 0.3) is 0 Å². The van der Waals surface area contributed by atoms with Crippen LogP contribution in [0.1, 0.15) is 29.5 Å². The number of carbonyl (C=O) groups excluding carboxylic acids is 3. The predicted octanol–water partition coefficient (Wildman–Crippen LogP) is 3.81. The molecule has 0 unspecified atom stereocenters. The van der Waals surface area contributed by atoms with Crippen LogP contribution in [0.25, 0.3) is 0 Å². The van der Waals surface area contributed by atoms with Crippen LogP contribution in [-0.4, -0.2) is 37.3 Å². The number of benzene rings is 2. The fourth-order valence-corrected chi connectivity index (χ4v) is 4.79. The third kappa shape index (κ3) is 5.84. The molecule has 0 spiro atoms. The summed E-state index contributed by atoms with van der Waals surface area (Å²) in [5, 5.41) is 15.8. The number of anilines is 1. The molecule has 2 atom stereocenters. The Morgan fingerprint density at radius 3 is 2.37 bits per heavy atom. The minimum atomic E-state index is -1.24. The van der Waals surface area contributed by atoms with Gasteiger partial charge in [0, 0.05) is 11.6 Å². The van der Waals surface area contributed by atoms with E-state index in [9.17, 15) is 19.6 Å². The third-order valence-electron chi connectivity index (χ3n) is 5.63. The lowest BCUT2D eigenvalue weighted by molar-refractivity contribution is -0.150. The lowest BCUT2D eigenvalue weighted by Crippen LogP contribution is -2.44. The van der Waals surface area contributed by atoms with Crippen molar-refractivity contribution in [2.75, 3.05) is 24.8 Å². The molecule has 0 aliphatic carbocycles. The minimum Gasteiger partial charge on any atom is -0.494 e. The van der Waals surface area contributed by atoms with E-state index in [1.807, 2.05) is 39.0 Å². The number of methoxy groups -OCH3 is 1. The van der Waals surface area contributed by atoms with Crippen molar-refractivity contribution in [3.8, 4) is 11.8 Å². The van der Waals surface area contributed by atoms with E-state index in [1.165, 1.54) is 7.11 Å². The normalized spacial score (nSPS) is 17.3. The van der Waals surface area contributed by atoms with Crippen LogP contribution in [0.3, 0.4) is 0 Å². The van der Waals surface area contributed by atoms with Gasteiger partial charge in [0.2, 0.25) is 11.8 Å². The molecule has 0 radical (unpaired) electrons. The molecule has 0 fully saturated rings. The molecule has 0 bridgehead atoms. The average molecular weight is 494 g/mol. The summed E-state index contributed by atoms with van der Waals surface area (Å²) in [7, 11) is 1.20. The Labute approximate surface area is 208 Å². The van der Waals surface area contributed by atoms with E-state index in [0.717, 1.165) is 28.6 Å². The second-order valence-corrected chi connectivity index (χ2v) is 8.91. The maximum absolute atomic E-state index is 13.0. The highest BCUT2D eigenvalue weighted by Crippen LogP contribution is 2.40. The SMILES string of the molecule is CCOc1ccc([C@@H]2C(C#N)=C(SCC(=O)Nc3c(C)cccc3C)NC(=O)[C@@H]2C(=O)OC)cc1. The van der Waals surface area contributed by atoms with Gasteiger partial charge in [0.1, 0.15) is 11.7 Å². The molecule has 8 nitrogen and oxygen atoms in total. The van der Waals surface area contributed by atoms with Gasteiger partial charge in [-0.15, -0.1) is 0 Å². The number of rotatable bonds is 8. The van der Waals surface area contributed by atoms with Gasteiger partial charge >= 0.3 is 5.97 Å². The maximum atomic E-state index is 13.0. The molecule has 182 valence electrons. The van der Waals surface area contributed by atoms with Gasteiger partial charge in [0.05, 0.1) is 36.1 Å². The van der Waals surface area contributed by atoms with E-state index in [0.29, 0.717) is 17.9 Å². The molecule has 1 aliphatic heterocycles. The molecule has 2 N–H and O–H groups in total. The number of nitrogens with one attached hydrogen (secondary N) is 2. The van der Waals surface area contributed by atoms with Gasteiger partial charge in [0.15, 0.2) is 0 Å². The first kappa shape index (κ1) is 25.8. The first-order chi connectivity index (χ1) is 16.8. The highest BCUT2D eigenvalue weighted by molar-refractivity contribution is 8.03. The number of aryl methyl sites for hydroxylation is 2. The van der Waals surface area contributed by atoms with Crippen LogP contribution in [0, 0.1) is 31.1 Å². The van der Waals surface area contributed by atoms with Crippen LogP contribution in [0.5, 0.6) is 5.75 Å². The van der Waals surface area contributed by atoms with E-state index in [4.69, 9.17) is 9.47 Å². The Kier molecular flexibility index (Phi) is 8.55. The highest BCUT2D eigenvalue weighted by atomic mass is 32.2. The van der Waals surface area contributed by atoms with Gasteiger partial charge in [-0.3, -0.25) is 14.4 Å². The van der Waals surface area contributed by atoms with E-state index in [-0.39, 0.29) is 22.3 Å². The zero-order valence-electron chi connectivity index (χ0n) is 20.0. The fraction of sp³-hybridized carbons (Fsp3) is 0.308. The number of nitriles is 1. The van der Waals surface area contributed by atoms with Crippen molar-refractivity contribution in [1.29, 1.82) is 5.26 Å². The number of esters is 1. The van der Waals surface area contributed by atoms with Crippen molar-refractivity contribution in [2.45, 2.75) is 26.7 Å². The zero-order chi connectivity index (χ0) is 25.5. The van der Waals surface area contributed by atoms with Gasteiger partial charge < -0.3 is 20.1 Å². The molecule has 2 aromatic rings. The van der Waals surface area contributed by atoms with Crippen molar-refractivity contribution >= 4 is 35.2 Å². The first-order valence-electron chi connectivity index (χ1n) is 11.0. The van der Waals surface area contributed by atoms with Crippen LogP contribution < -0.4 is 15.4 Å². The number of amides is 2. The molecular weight excluding hydrogens is 466 g/mol. The maximum Gasteiger partial charge on any atom is 0.319 e. The molecule has 9 heteroatoms. The van der Waals surface area contributed by atoms with Crippen LogP contribution in [0.2, 0.25) is 0 Å². The topological polar surface area (TPSA) is 118 Å². The molecule has 35 heavy (non-hydrogen) atoms. The molecule has 0 saturated heterocycles. The Hall–Kier alpha value is -3.77. The number of thioether (sulfide) groups is 1. The summed E-state index contributed by atoms with van der Waals surface area (Å²) in [5.74, 6) is -3.11. The summed E-state index contributed by atoms with van der Waals surface area (Å²) in [4.78, 5) is 38.1. The van der Waals surface area contributed by atoms with E-state index in [1.54, 1.807) is 24.3 Å². The standard InChI is InChI=1S/C26H27N3O5S/c1-5-34-18-11-9-17(10-12-18)21-19(13-27)25(29-24(31)22(21)26(32)33-4)35-14-20(30)28-23-15(2)7-6-8-16(23)3/h6-12,21-22H,5,14H2,1-4H3,(H,28,30)(H,29,31)/t21-,22-/m1/s1. The molecule has 2 amide bonds. The molecule has 1 heterocycles. The number of ether oxygens (including phenoxy) is 2. The highest BCUT2D eigenvalue weighted by Gasteiger charge is 2.44. The van der Waals surface area contributed by atoms with Crippen LogP contribution >= 0.6 is 11.8 Å². The summed E-state index contributed by atoms with van der Waals surface area (Å²) in [5.41, 5.74) is 3.38. The van der Waals surface area contributed by atoms with Crippen molar-refractivity contribution in [3.63, 3.8) is 0 Å². The lowest BCUT2D eigenvalue weighted by atomic mass is 9.78. The Morgan fingerprint density at radius 2 is 1.80 bits per heavy atom. The molecule has 2 aromatic carbocycles. The number of allylic oxidation sites excluding steroid dienone is 1. The zero-order valence-corrected chi connectivity index (χ0v) is 20.8. The molecule has 3 rings (SSSR count). The van der Waals surface area contributed by atoms with E-state index < -0.39 is 23.7 Å². The van der Waals surface area contributed by atoms with Crippen molar-refractivity contribution in [1.82, 2.24) is 5.32 Å². The Bertz CT molecular complexity index is 1180. The predicted molar refractivity (Wildman–Crippen MR) is 134 cm³/mol. The smallest absolute Gasteiger partial charge is 0.319 e. The van der Waals surface area contributed by atoms with Gasteiger partial charge in [-0.25, -0.2) is 0 Å². The monoisotopic (exact) mass is 493 g/mol. The second-order valence-electron chi connectivity index (χ2n) is 7.93. The summed E-state index contributed by atoms with van der Waals surface area (Å²) < 4.78 is 10.3. The molecule has 1 aliphatic rings. The Morgan fingerprint density at radius 1 is 1.14 bits per heavy atom. The molecule has 0 aromatic heterocycles. The van der Waals surface area contributed by atoms with Crippen molar-refractivity contribution in [3.05, 3.63) is 69.8 Å². The number of nitrogens with zero attached hydrogens (tertiary/aromatic N) is 1. The number of hydrogen-bond donors (Lipinski definition) is 2. The van der Waals surface area contributed by atoms with Crippen molar-refractivity contribution in [2.24, 2.45) is 5.92 Å². The molecule has 0 saturated carbocycles. The van der Waals surface area contributed by atoms with E-state index >= 15 is 0 Å². The van der Waals surface area contributed by atoms with Gasteiger partial charge in [-0.1, -0.05) is 42.1 Å². The minimum absolute atomic E-state index is 0.0343. The van der Waals surface area contributed by atoms with Gasteiger partial charge in [-0.05, 0) is 49.6 Å². The van der Waals surface area contributed by atoms with Crippen LogP contribution in [-0.2, 0) is 19.1 Å². The average Bonchev–Trinajstić information content (AvgIpc) is 2.85. The number of para-hydroxylation sites is 1. The summed E-state index contributed by atoms with van der Waals surface area (Å²) >= 11 is 1.04. The van der Waals surface area contributed by atoms with Gasteiger partial charge in [-0.2, -0.15) is 5.26 Å². The van der Waals surface area contributed by atoms with Crippen LogP contribution in [0.15, 0.2) is 53.1 Å². The largest absolute Gasteiger partial charge is 0.494 e. The third-order valence-corrected chi connectivity index (χ3v) is 6.64. The summed E-state index contributed by atoms with van der Waals surface area (Å²) in [6, 6.07) is 14.7. The van der Waals surface area contributed by atoms with Crippen molar-refractivity contribution < 1.29 is 23.9 Å². The fourth-order valence-electron chi connectivity index (χ4n) is 3.94. The number of hydrogen-bond acceptors (Lipinski definition) is 7. The van der Waals surface area contributed by atoms with Crippen LogP contribution in [0.4, 0.5) is 5.69 Å². The lowest BCUT2D eigenvalue weighted by Gasteiger charge is -2.31. The van der Waals surface area contributed by atoms with E-state index in [2.05, 4.69) is 16.7 Å². The summed E-state index contributed by atoms with van der Waals surface area (Å²) in [6.45, 7) is 6.16. The first-order valence-corrected chi connectivity index (χ1v) is 12.0. The second kappa shape index (κ2) is 11.6. The Balaban J connectivity index is 1.90. The number of carbonyl (C=O) groups is 3.